The second-order valence-electron chi connectivity index (χ2n) is 7.38. The fraction of sp³-hybridized carbons (Fsp3) is 0.875. The summed E-state index contributed by atoms with van der Waals surface area (Å²) in [5.41, 5.74) is -0.582. The minimum atomic E-state index is -0.588. The molecule has 4 atom stereocenters. The summed E-state index contributed by atoms with van der Waals surface area (Å²) in [5, 5.41) is 3.88. The Labute approximate surface area is 132 Å². The number of carbonyl (C=O) groups is 2. The minimum absolute atomic E-state index is 0.238. The lowest BCUT2D eigenvalue weighted by atomic mass is 10.0. The summed E-state index contributed by atoms with van der Waals surface area (Å²) in [6, 6.07) is -0.588. The van der Waals surface area contributed by atoms with Crippen molar-refractivity contribution in [1.29, 1.82) is 0 Å². The lowest BCUT2D eigenvalue weighted by Crippen LogP contribution is -2.48. The van der Waals surface area contributed by atoms with Gasteiger partial charge in [0.15, 0.2) is 0 Å². The number of amides is 2. The number of fused-ring (bicyclic) bond motifs is 1. The molecule has 0 spiro atoms. The Bertz CT molecular complexity index is 422. The first-order valence-electron chi connectivity index (χ1n) is 8.04. The molecule has 0 heterocycles. The third kappa shape index (κ3) is 4.12. The van der Waals surface area contributed by atoms with Gasteiger partial charge in [0.1, 0.15) is 11.6 Å². The van der Waals surface area contributed by atoms with Gasteiger partial charge in [0, 0.05) is 7.05 Å². The number of hydroxylamine groups is 2. The number of carbonyl (C=O) groups excluding carboxylic acids is 2. The predicted molar refractivity (Wildman–Crippen MR) is 81.9 cm³/mol. The van der Waals surface area contributed by atoms with Gasteiger partial charge in [-0.05, 0) is 57.8 Å². The molecule has 2 rings (SSSR count). The monoisotopic (exact) mass is 312 g/mol. The van der Waals surface area contributed by atoms with Crippen LogP contribution >= 0.6 is 0 Å². The summed E-state index contributed by atoms with van der Waals surface area (Å²) >= 11 is 0. The van der Waals surface area contributed by atoms with E-state index in [0.29, 0.717) is 12.3 Å². The van der Waals surface area contributed by atoms with E-state index in [4.69, 9.17) is 9.57 Å². The molecular formula is C16H28N2O4. The first kappa shape index (κ1) is 17.1. The summed E-state index contributed by atoms with van der Waals surface area (Å²) in [4.78, 5) is 29.3. The molecule has 2 amide bonds. The summed E-state index contributed by atoms with van der Waals surface area (Å²) < 4.78 is 5.27. The van der Waals surface area contributed by atoms with Crippen molar-refractivity contribution in [2.24, 2.45) is 17.8 Å². The normalized spacial score (nSPS) is 27.8. The van der Waals surface area contributed by atoms with Crippen molar-refractivity contribution in [2.45, 2.75) is 58.1 Å². The van der Waals surface area contributed by atoms with E-state index in [1.807, 2.05) is 0 Å². The highest BCUT2D eigenvalue weighted by molar-refractivity contribution is 5.85. The van der Waals surface area contributed by atoms with Crippen LogP contribution in [0.3, 0.4) is 0 Å². The van der Waals surface area contributed by atoms with Crippen molar-refractivity contribution in [3.05, 3.63) is 0 Å². The standard InChI is InChI=1S/C16H28N2O4/c1-16(2,3)22-15(20)17-13(14(19)18(4)21-5)9-12-10-7-6-8-11(10)12/h10-13H,6-9H2,1-5H3,(H,17,20)/t10-,11+,12+,13-/m0/s1. The molecule has 6 nitrogen and oxygen atoms in total. The predicted octanol–water partition coefficient (Wildman–Crippen LogP) is 2.34. The average molecular weight is 312 g/mol. The molecule has 1 N–H and O–H groups in total. The van der Waals surface area contributed by atoms with Gasteiger partial charge in [0.2, 0.25) is 0 Å². The van der Waals surface area contributed by atoms with Crippen LogP contribution in [0.15, 0.2) is 0 Å². The Balaban J connectivity index is 1.95. The second kappa shape index (κ2) is 6.44. The topological polar surface area (TPSA) is 67.9 Å². The Morgan fingerprint density at radius 2 is 1.86 bits per heavy atom. The highest BCUT2D eigenvalue weighted by Crippen LogP contribution is 2.59. The highest BCUT2D eigenvalue weighted by Gasteiger charge is 2.53. The van der Waals surface area contributed by atoms with E-state index in [1.54, 1.807) is 27.8 Å². The van der Waals surface area contributed by atoms with Crippen molar-refractivity contribution in [1.82, 2.24) is 10.4 Å². The van der Waals surface area contributed by atoms with E-state index in [1.165, 1.54) is 31.4 Å². The molecule has 0 aromatic heterocycles. The van der Waals surface area contributed by atoms with Crippen molar-refractivity contribution in [3.8, 4) is 0 Å². The van der Waals surface area contributed by atoms with Crippen LogP contribution in [0.25, 0.3) is 0 Å². The minimum Gasteiger partial charge on any atom is -0.444 e. The Hall–Kier alpha value is -1.30. The second-order valence-corrected chi connectivity index (χ2v) is 7.38. The van der Waals surface area contributed by atoms with Crippen LogP contribution in [0.4, 0.5) is 4.79 Å². The van der Waals surface area contributed by atoms with Gasteiger partial charge in [-0.1, -0.05) is 6.42 Å². The van der Waals surface area contributed by atoms with E-state index >= 15 is 0 Å². The van der Waals surface area contributed by atoms with Crippen LogP contribution in [0, 0.1) is 17.8 Å². The Kier molecular flexibility index (Phi) is 5.00. The number of likely N-dealkylation sites (N-methyl/N-ethyl adjacent to an activating group) is 1. The maximum atomic E-state index is 12.4. The molecule has 2 fully saturated rings. The highest BCUT2D eigenvalue weighted by atomic mass is 16.7. The lowest BCUT2D eigenvalue weighted by molar-refractivity contribution is -0.171. The van der Waals surface area contributed by atoms with Crippen molar-refractivity contribution >= 4 is 12.0 Å². The van der Waals surface area contributed by atoms with Crippen LogP contribution in [-0.4, -0.2) is 42.9 Å². The van der Waals surface area contributed by atoms with Gasteiger partial charge in [-0.3, -0.25) is 9.63 Å². The van der Waals surface area contributed by atoms with Crippen LogP contribution in [0.1, 0.15) is 46.5 Å². The largest absolute Gasteiger partial charge is 0.444 e. The van der Waals surface area contributed by atoms with Crippen molar-refractivity contribution in [2.75, 3.05) is 14.2 Å². The van der Waals surface area contributed by atoms with Crippen molar-refractivity contribution in [3.63, 3.8) is 0 Å². The summed E-state index contributed by atoms with van der Waals surface area (Å²) in [7, 11) is 2.99. The van der Waals surface area contributed by atoms with Gasteiger partial charge >= 0.3 is 6.09 Å². The van der Waals surface area contributed by atoms with Crippen molar-refractivity contribution < 1.29 is 19.2 Å². The van der Waals surface area contributed by atoms with E-state index in [0.717, 1.165) is 11.8 Å². The molecule has 0 aromatic rings. The zero-order valence-corrected chi connectivity index (χ0v) is 14.2. The van der Waals surface area contributed by atoms with Crippen LogP contribution in [0.2, 0.25) is 0 Å². The summed E-state index contributed by atoms with van der Waals surface area (Å²) in [5.74, 6) is 1.79. The molecule has 126 valence electrons. The fourth-order valence-corrected chi connectivity index (χ4v) is 3.57. The Morgan fingerprint density at radius 1 is 1.27 bits per heavy atom. The Morgan fingerprint density at radius 3 is 2.36 bits per heavy atom. The van der Waals surface area contributed by atoms with Gasteiger partial charge in [-0.2, -0.15) is 0 Å². The molecule has 0 unspecified atom stereocenters. The maximum absolute atomic E-state index is 12.4. The number of hydrogen-bond acceptors (Lipinski definition) is 4. The summed E-state index contributed by atoms with van der Waals surface area (Å²) in [6.07, 6.45) is 3.91. The van der Waals surface area contributed by atoms with Crippen LogP contribution in [-0.2, 0) is 14.4 Å². The number of rotatable bonds is 5. The third-order valence-electron chi connectivity index (χ3n) is 4.67. The quantitative estimate of drug-likeness (QED) is 0.791. The van der Waals surface area contributed by atoms with E-state index < -0.39 is 17.7 Å². The molecule has 0 aromatic carbocycles. The molecular weight excluding hydrogens is 284 g/mol. The van der Waals surface area contributed by atoms with Gasteiger partial charge in [0.05, 0.1) is 7.11 Å². The number of hydrogen-bond donors (Lipinski definition) is 1. The number of alkyl carbamates (subject to hydrolysis) is 1. The molecule has 6 heteroatoms. The first-order chi connectivity index (χ1) is 10.2. The number of nitrogens with one attached hydrogen (secondary N) is 1. The molecule has 0 saturated heterocycles. The van der Waals surface area contributed by atoms with Gasteiger partial charge in [-0.15, -0.1) is 0 Å². The smallest absolute Gasteiger partial charge is 0.408 e. The third-order valence-corrected chi connectivity index (χ3v) is 4.67. The van der Waals surface area contributed by atoms with E-state index in [2.05, 4.69) is 5.32 Å². The maximum Gasteiger partial charge on any atom is 0.408 e. The fourth-order valence-electron chi connectivity index (χ4n) is 3.57. The average Bonchev–Trinajstić information content (AvgIpc) is 2.85. The zero-order valence-electron chi connectivity index (χ0n) is 14.2. The number of nitrogens with zero attached hydrogens (tertiary/aromatic N) is 1. The van der Waals surface area contributed by atoms with Crippen LogP contribution < -0.4 is 5.32 Å². The summed E-state index contributed by atoms with van der Waals surface area (Å²) in [6.45, 7) is 5.40. The van der Waals surface area contributed by atoms with E-state index in [9.17, 15) is 9.59 Å². The molecule has 2 aliphatic rings. The van der Waals surface area contributed by atoms with Gasteiger partial charge < -0.3 is 10.1 Å². The molecule has 22 heavy (non-hydrogen) atoms. The molecule has 2 saturated carbocycles. The lowest BCUT2D eigenvalue weighted by Gasteiger charge is -2.25. The molecule has 0 aliphatic heterocycles. The van der Waals surface area contributed by atoms with Gasteiger partial charge in [0.25, 0.3) is 5.91 Å². The number of ether oxygens (including phenoxy) is 1. The first-order valence-corrected chi connectivity index (χ1v) is 8.04. The SMILES string of the molecule is CON(C)C(=O)[C@H](C[C@H]1[C@@H]2CCC[C@@H]21)NC(=O)OC(C)(C)C. The van der Waals surface area contributed by atoms with Crippen LogP contribution in [0.5, 0.6) is 0 Å². The van der Waals surface area contributed by atoms with Gasteiger partial charge in [-0.25, -0.2) is 9.86 Å². The molecule has 0 bridgehead atoms. The molecule has 2 aliphatic carbocycles. The zero-order chi connectivity index (χ0) is 16.5. The van der Waals surface area contributed by atoms with E-state index in [-0.39, 0.29) is 5.91 Å². The molecule has 0 radical (unpaired) electrons.